The number of amides is 1. The Morgan fingerprint density at radius 2 is 1.59 bits per heavy atom. The molecule has 0 saturated heterocycles. The monoisotopic (exact) mass is 542 g/mol. The average Bonchev–Trinajstić information content (AvgIpc) is 3.44. The molecular weight excluding hydrogens is 504 g/mol. The van der Waals surface area contributed by atoms with E-state index < -0.39 is 0 Å². The highest BCUT2D eigenvalue weighted by Crippen LogP contribution is 2.22. The van der Waals surface area contributed by atoms with Crippen LogP contribution in [0.2, 0.25) is 0 Å². The predicted molar refractivity (Wildman–Crippen MR) is 159 cm³/mol. The van der Waals surface area contributed by atoms with E-state index in [1.807, 2.05) is 47.4 Å². The number of aromatic nitrogens is 2. The third kappa shape index (κ3) is 8.93. The molecule has 6 nitrogen and oxygen atoms in total. The lowest BCUT2D eigenvalue weighted by Gasteiger charge is -2.26. The van der Waals surface area contributed by atoms with Gasteiger partial charge in [-0.15, -0.1) is 0 Å². The standard InChI is InChI=1S/C32H38N4O2S/c1-3-4-20-35(32-33-30(34-39-32)24-28-16-11-17-29(23-28)38-2)22-19-31(37)36(25-27-14-9-6-10-15-27)21-18-26-12-7-5-8-13-26/h5-17,23H,3-4,18-22,24-25H2,1-2H3. The maximum Gasteiger partial charge on any atom is 0.224 e. The van der Waals surface area contributed by atoms with Gasteiger partial charge in [0.2, 0.25) is 11.0 Å². The summed E-state index contributed by atoms with van der Waals surface area (Å²) < 4.78 is 9.98. The zero-order valence-corrected chi connectivity index (χ0v) is 23.8. The van der Waals surface area contributed by atoms with Gasteiger partial charge in [-0.25, -0.2) is 4.98 Å². The molecule has 1 heterocycles. The highest BCUT2D eigenvalue weighted by molar-refractivity contribution is 7.09. The summed E-state index contributed by atoms with van der Waals surface area (Å²) in [5, 5.41) is 0.882. The molecule has 7 heteroatoms. The van der Waals surface area contributed by atoms with E-state index >= 15 is 0 Å². The number of hydrogen-bond acceptors (Lipinski definition) is 6. The molecule has 1 aromatic heterocycles. The molecule has 0 atom stereocenters. The summed E-state index contributed by atoms with van der Waals surface area (Å²) in [5.41, 5.74) is 3.50. The summed E-state index contributed by atoms with van der Waals surface area (Å²) in [6.45, 7) is 4.98. The molecule has 0 aliphatic rings. The minimum absolute atomic E-state index is 0.164. The molecule has 4 aromatic rings. The maximum absolute atomic E-state index is 13.5. The van der Waals surface area contributed by atoms with Crippen molar-refractivity contribution in [3.05, 3.63) is 107 Å². The van der Waals surface area contributed by atoms with Gasteiger partial charge < -0.3 is 14.5 Å². The van der Waals surface area contributed by atoms with Gasteiger partial charge in [-0.3, -0.25) is 4.79 Å². The van der Waals surface area contributed by atoms with Gasteiger partial charge in [0.05, 0.1) is 7.11 Å². The van der Waals surface area contributed by atoms with Crippen LogP contribution in [0.15, 0.2) is 84.9 Å². The topological polar surface area (TPSA) is 58.6 Å². The first-order valence-electron chi connectivity index (χ1n) is 13.7. The van der Waals surface area contributed by atoms with Crippen LogP contribution in [-0.2, 0) is 24.2 Å². The smallest absolute Gasteiger partial charge is 0.224 e. The molecule has 0 spiro atoms. The Hall–Kier alpha value is -3.71. The second-order valence-electron chi connectivity index (χ2n) is 9.65. The van der Waals surface area contributed by atoms with Gasteiger partial charge in [0.1, 0.15) is 11.6 Å². The van der Waals surface area contributed by atoms with Crippen molar-refractivity contribution in [2.45, 2.75) is 45.6 Å². The molecule has 0 saturated carbocycles. The number of carbonyl (C=O) groups excluding carboxylic acids is 1. The second-order valence-corrected chi connectivity index (χ2v) is 10.4. The zero-order chi connectivity index (χ0) is 27.3. The summed E-state index contributed by atoms with van der Waals surface area (Å²) >= 11 is 1.42. The summed E-state index contributed by atoms with van der Waals surface area (Å²) in [6, 6.07) is 28.6. The normalized spacial score (nSPS) is 10.8. The number of methoxy groups -OCH3 is 1. The fraction of sp³-hybridized carbons (Fsp3) is 0.344. The fourth-order valence-electron chi connectivity index (χ4n) is 4.46. The van der Waals surface area contributed by atoms with E-state index in [-0.39, 0.29) is 5.91 Å². The first-order valence-corrected chi connectivity index (χ1v) is 14.5. The van der Waals surface area contributed by atoms with Crippen LogP contribution in [0, 0.1) is 0 Å². The van der Waals surface area contributed by atoms with Gasteiger partial charge in [-0.05, 0) is 41.7 Å². The van der Waals surface area contributed by atoms with Crippen molar-refractivity contribution >= 4 is 22.6 Å². The molecule has 204 valence electrons. The van der Waals surface area contributed by atoms with Crippen molar-refractivity contribution < 1.29 is 9.53 Å². The van der Waals surface area contributed by atoms with Gasteiger partial charge in [0, 0.05) is 50.6 Å². The second kappa shape index (κ2) is 15.0. The van der Waals surface area contributed by atoms with Gasteiger partial charge in [-0.2, -0.15) is 4.37 Å². The molecule has 4 rings (SSSR count). The van der Waals surface area contributed by atoms with E-state index in [4.69, 9.17) is 9.72 Å². The van der Waals surface area contributed by atoms with Gasteiger partial charge in [0.15, 0.2) is 0 Å². The number of hydrogen-bond donors (Lipinski definition) is 0. The van der Waals surface area contributed by atoms with Gasteiger partial charge >= 0.3 is 0 Å². The molecule has 3 aromatic carbocycles. The Morgan fingerprint density at radius 1 is 0.872 bits per heavy atom. The highest BCUT2D eigenvalue weighted by Gasteiger charge is 2.18. The molecule has 0 fully saturated rings. The molecule has 0 aliphatic carbocycles. The Kier molecular flexibility index (Phi) is 10.9. The quantitative estimate of drug-likeness (QED) is 0.174. The van der Waals surface area contributed by atoms with Crippen molar-refractivity contribution in [1.29, 1.82) is 0 Å². The molecule has 39 heavy (non-hydrogen) atoms. The van der Waals surface area contributed by atoms with Gasteiger partial charge in [-0.1, -0.05) is 86.1 Å². The molecule has 0 radical (unpaired) electrons. The largest absolute Gasteiger partial charge is 0.497 e. The molecule has 0 N–H and O–H groups in total. The van der Waals surface area contributed by atoms with Crippen molar-refractivity contribution in [2.75, 3.05) is 31.6 Å². The Labute approximate surface area is 236 Å². The maximum atomic E-state index is 13.5. The van der Waals surface area contributed by atoms with Crippen LogP contribution in [0.4, 0.5) is 5.13 Å². The fourth-order valence-corrected chi connectivity index (χ4v) is 5.19. The number of nitrogens with zero attached hydrogens (tertiary/aromatic N) is 4. The van der Waals surface area contributed by atoms with Crippen LogP contribution in [0.25, 0.3) is 0 Å². The van der Waals surface area contributed by atoms with E-state index in [0.29, 0.717) is 32.5 Å². The molecule has 1 amide bonds. The first-order chi connectivity index (χ1) is 19.1. The minimum atomic E-state index is 0.164. The van der Waals surface area contributed by atoms with E-state index in [1.54, 1.807) is 7.11 Å². The van der Waals surface area contributed by atoms with Crippen LogP contribution < -0.4 is 9.64 Å². The van der Waals surface area contributed by atoms with Crippen molar-refractivity contribution in [3.8, 4) is 5.75 Å². The third-order valence-corrected chi connectivity index (χ3v) is 7.50. The Bertz CT molecular complexity index is 1280. The van der Waals surface area contributed by atoms with Gasteiger partial charge in [0.25, 0.3) is 0 Å². The number of carbonyl (C=O) groups is 1. The van der Waals surface area contributed by atoms with Crippen LogP contribution >= 0.6 is 11.5 Å². The van der Waals surface area contributed by atoms with Crippen LogP contribution in [0.5, 0.6) is 5.75 Å². The van der Waals surface area contributed by atoms with E-state index in [2.05, 4.69) is 58.7 Å². The number of benzene rings is 3. The SMILES string of the molecule is CCCCN(CCC(=O)N(CCc1ccccc1)Cc1ccccc1)c1nc(Cc2cccc(OC)c2)ns1. The van der Waals surface area contributed by atoms with Crippen molar-refractivity contribution in [1.82, 2.24) is 14.3 Å². The summed E-state index contributed by atoms with van der Waals surface area (Å²) in [4.78, 5) is 22.6. The van der Waals surface area contributed by atoms with Crippen LogP contribution in [0.3, 0.4) is 0 Å². The van der Waals surface area contributed by atoms with Crippen molar-refractivity contribution in [3.63, 3.8) is 0 Å². The lowest BCUT2D eigenvalue weighted by molar-refractivity contribution is -0.131. The highest BCUT2D eigenvalue weighted by atomic mass is 32.1. The number of unbranched alkanes of at least 4 members (excludes halogenated alkanes) is 1. The van der Waals surface area contributed by atoms with Crippen molar-refractivity contribution in [2.24, 2.45) is 0 Å². The number of rotatable bonds is 15. The summed E-state index contributed by atoms with van der Waals surface area (Å²) in [5.74, 6) is 1.79. The summed E-state index contributed by atoms with van der Waals surface area (Å²) in [6.07, 6.45) is 4.05. The predicted octanol–water partition coefficient (Wildman–Crippen LogP) is 6.41. The van der Waals surface area contributed by atoms with E-state index in [0.717, 1.165) is 53.6 Å². The number of ether oxygens (including phenoxy) is 1. The number of anilines is 1. The lowest BCUT2D eigenvalue weighted by Crippen LogP contribution is -2.36. The zero-order valence-electron chi connectivity index (χ0n) is 23.0. The molecular formula is C32H38N4O2S. The first kappa shape index (κ1) is 28.3. The van der Waals surface area contributed by atoms with E-state index in [9.17, 15) is 4.79 Å². The minimum Gasteiger partial charge on any atom is -0.497 e. The Balaban J connectivity index is 1.41. The molecule has 0 unspecified atom stereocenters. The van der Waals surface area contributed by atoms with Crippen LogP contribution in [-0.4, -0.2) is 46.9 Å². The molecule has 0 aliphatic heterocycles. The van der Waals surface area contributed by atoms with Crippen LogP contribution in [0.1, 0.15) is 48.7 Å². The lowest BCUT2D eigenvalue weighted by atomic mass is 10.1. The summed E-state index contributed by atoms with van der Waals surface area (Å²) in [7, 11) is 1.67. The van der Waals surface area contributed by atoms with E-state index in [1.165, 1.54) is 17.1 Å². The molecule has 0 bridgehead atoms. The average molecular weight is 543 g/mol. The third-order valence-electron chi connectivity index (χ3n) is 6.68. The Morgan fingerprint density at radius 3 is 2.31 bits per heavy atom.